The molecule has 2 amide bonds. The van der Waals surface area contributed by atoms with E-state index in [9.17, 15) is 9.59 Å². The molecule has 23 heavy (non-hydrogen) atoms. The van der Waals surface area contributed by atoms with Gasteiger partial charge in [0.05, 0.1) is 16.5 Å². The molecule has 128 valence electrons. The zero-order chi connectivity index (χ0) is 16.1. The second kappa shape index (κ2) is 9.47. The Bertz CT molecular complexity index is 572. The first-order valence-corrected chi connectivity index (χ1v) is 8.42. The lowest BCUT2D eigenvalue weighted by Gasteiger charge is -2.32. The summed E-state index contributed by atoms with van der Waals surface area (Å²) in [4.78, 5) is 26.3. The molecule has 1 aromatic rings. The number of likely N-dealkylation sites (tertiary alicyclic amines) is 1. The Kier molecular flexibility index (Phi) is 8.33. The second-order valence-electron chi connectivity index (χ2n) is 5.29. The van der Waals surface area contributed by atoms with Crippen molar-refractivity contribution >= 4 is 51.8 Å². The van der Waals surface area contributed by atoms with E-state index in [1.165, 1.54) is 0 Å². The van der Waals surface area contributed by atoms with Crippen LogP contribution in [0.3, 0.4) is 0 Å². The number of nitrogens with zero attached hydrogens (tertiary/aromatic N) is 1. The Morgan fingerprint density at radius 1 is 1.43 bits per heavy atom. The second-order valence-corrected chi connectivity index (χ2v) is 6.62. The lowest BCUT2D eigenvalue weighted by atomic mass is 9.96. The van der Waals surface area contributed by atoms with E-state index in [-0.39, 0.29) is 30.1 Å². The summed E-state index contributed by atoms with van der Waals surface area (Å²) in [7, 11) is 0. The Labute approximate surface area is 155 Å². The molecule has 0 aromatic heterocycles. The third kappa shape index (κ3) is 5.35. The van der Waals surface area contributed by atoms with Gasteiger partial charge in [0.1, 0.15) is 0 Å². The van der Waals surface area contributed by atoms with Crippen LogP contribution in [0.25, 0.3) is 0 Å². The van der Waals surface area contributed by atoms with Crippen LogP contribution in [0.5, 0.6) is 0 Å². The lowest BCUT2D eigenvalue weighted by molar-refractivity contribution is -0.126. The molecule has 3 N–H and O–H groups in total. The molecule has 0 saturated carbocycles. The zero-order valence-electron chi connectivity index (χ0n) is 12.6. The fraction of sp³-hybridized carbons (Fsp3) is 0.467. The minimum Gasteiger partial charge on any atom is -0.355 e. The van der Waals surface area contributed by atoms with E-state index in [4.69, 9.17) is 17.3 Å². The molecule has 1 saturated heterocycles. The summed E-state index contributed by atoms with van der Waals surface area (Å²) in [6.45, 7) is 1.94. The summed E-state index contributed by atoms with van der Waals surface area (Å²) in [6, 6.07) is 5.19. The highest BCUT2D eigenvalue weighted by Crippen LogP contribution is 2.25. The highest BCUT2D eigenvalue weighted by atomic mass is 79.9. The zero-order valence-corrected chi connectivity index (χ0v) is 15.7. The number of piperidine rings is 1. The minimum absolute atomic E-state index is 0. The standard InChI is InChI=1S/C15H19BrClN3O2.ClH/c16-11-3-4-12(13(17)8-11)15(22)20-7-1-2-10(9-20)14(21)19-6-5-18;/h3-4,8,10H,1-2,5-7,9,18H2,(H,19,21);1H. The van der Waals surface area contributed by atoms with Gasteiger partial charge in [0.25, 0.3) is 5.91 Å². The van der Waals surface area contributed by atoms with E-state index in [0.717, 1.165) is 17.3 Å². The normalized spacial score (nSPS) is 17.3. The quantitative estimate of drug-likeness (QED) is 0.779. The molecule has 0 spiro atoms. The van der Waals surface area contributed by atoms with Gasteiger partial charge in [-0.3, -0.25) is 9.59 Å². The number of amides is 2. The molecule has 1 heterocycles. The molecule has 2 rings (SSSR count). The summed E-state index contributed by atoms with van der Waals surface area (Å²) < 4.78 is 0.826. The topological polar surface area (TPSA) is 75.4 Å². The molecule has 5 nitrogen and oxygen atoms in total. The number of hydrogen-bond acceptors (Lipinski definition) is 3. The summed E-state index contributed by atoms with van der Waals surface area (Å²) in [5, 5.41) is 3.20. The summed E-state index contributed by atoms with van der Waals surface area (Å²) in [5.41, 5.74) is 5.85. The van der Waals surface area contributed by atoms with Gasteiger partial charge in [0, 0.05) is 30.7 Å². The third-order valence-electron chi connectivity index (χ3n) is 3.68. The Hall–Kier alpha value is -0.820. The predicted octanol–water partition coefficient (Wildman–Crippen LogP) is 2.45. The maximum Gasteiger partial charge on any atom is 0.255 e. The molecule has 1 atom stereocenters. The number of rotatable bonds is 4. The lowest BCUT2D eigenvalue weighted by Crippen LogP contribution is -2.46. The molecule has 0 radical (unpaired) electrons. The Balaban J connectivity index is 0.00000264. The van der Waals surface area contributed by atoms with Crippen LogP contribution in [0.2, 0.25) is 5.02 Å². The van der Waals surface area contributed by atoms with Crippen molar-refractivity contribution in [1.82, 2.24) is 10.2 Å². The van der Waals surface area contributed by atoms with Crippen LogP contribution in [0.1, 0.15) is 23.2 Å². The summed E-state index contributed by atoms with van der Waals surface area (Å²) in [6.07, 6.45) is 1.59. The molecule has 0 aliphatic carbocycles. The van der Waals surface area contributed by atoms with Gasteiger partial charge in [-0.05, 0) is 31.0 Å². The minimum atomic E-state index is -0.182. The number of carbonyl (C=O) groups is 2. The maximum absolute atomic E-state index is 12.6. The summed E-state index contributed by atoms with van der Waals surface area (Å²) >= 11 is 9.46. The Morgan fingerprint density at radius 2 is 2.17 bits per heavy atom. The van der Waals surface area contributed by atoms with Crippen molar-refractivity contribution in [2.24, 2.45) is 11.7 Å². The first-order valence-electron chi connectivity index (χ1n) is 7.25. The van der Waals surface area contributed by atoms with Gasteiger partial charge in [0.2, 0.25) is 5.91 Å². The van der Waals surface area contributed by atoms with Gasteiger partial charge < -0.3 is 16.0 Å². The van der Waals surface area contributed by atoms with Crippen LogP contribution in [0, 0.1) is 5.92 Å². The molecule has 1 aromatic carbocycles. The Morgan fingerprint density at radius 3 is 2.83 bits per heavy atom. The molecular formula is C15H20BrCl2N3O2. The number of nitrogens with one attached hydrogen (secondary N) is 1. The van der Waals surface area contributed by atoms with Gasteiger partial charge in [-0.1, -0.05) is 27.5 Å². The molecule has 1 unspecified atom stereocenters. The number of nitrogens with two attached hydrogens (primary N) is 1. The molecule has 0 bridgehead atoms. The van der Waals surface area contributed by atoms with Crippen molar-refractivity contribution in [3.8, 4) is 0 Å². The van der Waals surface area contributed by atoms with Crippen LogP contribution in [-0.4, -0.2) is 42.9 Å². The average molecular weight is 425 g/mol. The number of hydrogen-bond donors (Lipinski definition) is 2. The smallest absolute Gasteiger partial charge is 0.255 e. The largest absolute Gasteiger partial charge is 0.355 e. The highest BCUT2D eigenvalue weighted by Gasteiger charge is 2.29. The van der Waals surface area contributed by atoms with Gasteiger partial charge in [0.15, 0.2) is 0 Å². The van der Waals surface area contributed by atoms with Gasteiger partial charge in [-0.25, -0.2) is 0 Å². The summed E-state index contributed by atoms with van der Waals surface area (Å²) in [5.74, 6) is -0.350. The predicted molar refractivity (Wildman–Crippen MR) is 97.1 cm³/mol. The monoisotopic (exact) mass is 423 g/mol. The van der Waals surface area contributed by atoms with E-state index < -0.39 is 0 Å². The molecule has 1 fully saturated rings. The van der Waals surface area contributed by atoms with Crippen molar-refractivity contribution in [3.63, 3.8) is 0 Å². The van der Waals surface area contributed by atoms with Crippen molar-refractivity contribution < 1.29 is 9.59 Å². The first kappa shape index (κ1) is 20.2. The van der Waals surface area contributed by atoms with Gasteiger partial charge in [-0.15, -0.1) is 12.4 Å². The van der Waals surface area contributed by atoms with E-state index in [2.05, 4.69) is 21.2 Å². The van der Waals surface area contributed by atoms with Crippen molar-refractivity contribution in [3.05, 3.63) is 33.3 Å². The van der Waals surface area contributed by atoms with Gasteiger partial charge in [-0.2, -0.15) is 0 Å². The van der Waals surface area contributed by atoms with Crippen LogP contribution < -0.4 is 11.1 Å². The molecule has 8 heteroatoms. The SMILES string of the molecule is Cl.NCCNC(=O)C1CCCN(C(=O)c2ccc(Br)cc2Cl)C1. The number of carbonyl (C=O) groups excluding carboxylic acids is 2. The fourth-order valence-corrected chi connectivity index (χ4v) is 3.30. The fourth-order valence-electron chi connectivity index (χ4n) is 2.55. The maximum atomic E-state index is 12.6. The molecule has 1 aliphatic rings. The van der Waals surface area contributed by atoms with Crippen LogP contribution in [0.4, 0.5) is 0 Å². The van der Waals surface area contributed by atoms with E-state index in [1.54, 1.807) is 23.1 Å². The van der Waals surface area contributed by atoms with Gasteiger partial charge >= 0.3 is 0 Å². The number of halogens is 3. The van der Waals surface area contributed by atoms with E-state index in [0.29, 0.717) is 36.8 Å². The van der Waals surface area contributed by atoms with Crippen LogP contribution in [0.15, 0.2) is 22.7 Å². The molecular weight excluding hydrogens is 405 g/mol. The van der Waals surface area contributed by atoms with Crippen molar-refractivity contribution in [2.75, 3.05) is 26.2 Å². The molecule has 1 aliphatic heterocycles. The number of benzene rings is 1. The highest BCUT2D eigenvalue weighted by molar-refractivity contribution is 9.10. The van der Waals surface area contributed by atoms with Crippen LogP contribution >= 0.6 is 39.9 Å². The van der Waals surface area contributed by atoms with E-state index >= 15 is 0 Å². The van der Waals surface area contributed by atoms with Crippen LogP contribution in [-0.2, 0) is 4.79 Å². The average Bonchev–Trinajstić information content (AvgIpc) is 2.52. The van der Waals surface area contributed by atoms with Crippen molar-refractivity contribution in [2.45, 2.75) is 12.8 Å². The van der Waals surface area contributed by atoms with Crippen molar-refractivity contribution in [1.29, 1.82) is 0 Å². The van der Waals surface area contributed by atoms with E-state index in [1.807, 2.05) is 0 Å². The third-order valence-corrected chi connectivity index (χ3v) is 4.49. The first-order chi connectivity index (χ1) is 10.5.